The molecule has 0 atom stereocenters. The van der Waals surface area contributed by atoms with Gasteiger partial charge in [-0.3, -0.25) is 0 Å². The van der Waals surface area contributed by atoms with Gasteiger partial charge >= 0.3 is 325 Å². The molecular formula is C60H120O4Sn. The normalized spacial score (nSPS) is 11.9. The van der Waals surface area contributed by atoms with E-state index in [4.69, 9.17) is 6.15 Å². The molecule has 0 saturated heterocycles. The van der Waals surface area contributed by atoms with Crippen molar-refractivity contribution in [3.05, 3.63) is 0 Å². The topological polar surface area (TPSA) is 52.6 Å². The van der Waals surface area contributed by atoms with Crippen molar-refractivity contribution in [1.29, 1.82) is 0 Å². The summed E-state index contributed by atoms with van der Waals surface area (Å²) >= 11 is -4.01. The van der Waals surface area contributed by atoms with E-state index in [2.05, 4.69) is 41.5 Å². The summed E-state index contributed by atoms with van der Waals surface area (Å²) in [6.45, 7) is 13.9. The standard InChI is InChI=1S/2C18H37.2C12H24O2.Sn/c2*1-4-5-6-7-8-9-10-11-12-13-14-15-16-17-18(2)3;2*1-2-3-4-5-6-7-8-9-10-11-12(13)14;/h2*18H,1,4-17H2,2-3H3;2*2-11H2,1H3,(H,13,14);/q;;;;+2/p-2. The molecule has 388 valence electrons. The van der Waals surface area contributed by atoms with E-state index in [0.29, 0.717) is 12.8 Å². The summed E-state index contributed by atoms with van der Waals surface area (Å²) in [7, 11) is 0. The van der Waals surface area contributed by atoms with E-state index in [9.17, 15) is 9.59 Å². The SMILES string of the molecule is CCCCCCCCCCCC(=O)[O][Sn]([CH2]CCCCCCCCCCCCCCC(C)C)([CH2]CCCCCCCCCCCCCCC(C)C)[O]C(=O)CCCCCCCCCCC. The van der Waals surface area contributed by atoms with Gasteiger partial charge in [-0.25, -0.2) is 0 Å². The first-order valence-corrected chi connectivity index (χ1v) is 36.5. The van der Waals surface area contributed by atoms with Crippen molar-refractivity contribution in [3.8, 4) is 0 Å². The van der Waals surface area contributed by atoms with E-state index in [1.807, 2.05) is 0 Å². The zero-order chi connectivity index (χ0) is 47.6. The maximum absolute atomic E-state index is 13.7. The Morgan fingerprint density at radius 2 is 0.492 bits per heavy atom. The van der Waals surface area contributed by atoms with Crippen LogP contribution in [0.5, 0.6) is 0 Å². The summed E-state index contributed by atoms with van der Waals surface area (Å²) in [6, 6.07) is 0. The van der Waals surface area contributed by atoms with E-state index in [1.165, 1.54) is 257 Å². The molecule has 0 amide bonds. The van der Waals surface area contributed by atoms with E-state index in [-0.39, 0.29) is 11.9 Å². The number of carbonyl (C=O) groups is 2. The number of carbonyl (C=O) groups excluding carboxylic acids is 2. The van der Waals surface area contributed by atoms with Gasteiger partial charge in [-0.1, -0.05) is 80.1 Å². The van der Waals surface area contributed by atoms with Crippen LogP contribution >= 0.6 is 0 Å². The minimum absolute atomic E-state index is 0.0641. The van der Waals surface area contributed by atoms with Crippen LogP contribution in [0.3, 0.4) is 0 Å². The minimum Gasteiger partial charge on any atom is -0.0654 e. The molecular weight excluding hydrogens is 903 g/mol. The molecule has 0 N–H and O–H groups in total. The van der Waals surface area contributed by atoms with Crippen molar-refractivity contribution in [2.45, 2.75) is 359 Å². The Morgan fingerprint density at radius 3 is 0.723 bits per heavy atom. The van der Waals surface area contributed by atoms with Crippen LogP contribution in [0, 0.1) is 11.8 Å². The molecule has 0 aliphatic heterocycles. The van der Waals surface area contributed by atoms with Crippen LogP contribution in [0.2, 0.25) is 8.87 Å². The van der Waals surface area contributed by atoms with Gasteiger partial charge in [-0.15, -0.1) is 0 Å². The fourth-order valence-corrected chi connectivity index (χ4v) is 19.3. The quantitative estimate of drug-likeness (QED) is 0.0450. The number of rotatable bonds is 54. The minimum atomic E-state index is -4.01. The Balaban J connectivity index is 5.14. The third kappa shape index (κ3) is 50.0. The summed E-state index contributed by atoms with van der Waals surface area (Å²) < 4.78 is 15.0. The molecule has 0 rings (SSSR count). The second-order valence-electron chi connectivity index (χ2n) is 22.1. The van der Waals surface area contributed by atoms with Crippen LogP contribution in [-0.4, -0.2) is 31.1 Å². The second-order valence-corrected chi connectivity index (χ2v) is 31.3. The molecule has 4 nitrogen and oxygen atoms in total. The van der Waals surface area contributed by atoms with Gasteiger partial charge in [-0.05, 0) is 11.8 Å². The van der Waals surface area contributed by atoms with Gasteiger partial charge in [0.05, 0.1) is 0 Å². The van der Waals surface area contributed by atoms with Crippen molar-refractivity contribution < 1.29 is 15.7 Å². The smallest absolute Gasteiger partial charge is 0.0654 e. The summed E-state index contributed by atoms with van der Waals surface area (Å²) in [5.74, 6) is 1.57. The number of hydrogen-bond acceptors (Lipinski definition) is 4. The fraction of sp³-hybridized carbons (Fsp3) is 0.967. The van der Waals surface area contributed by atoms with Gasteiger partial charge in [0.15, 0.2) is 0 Å². The molecule has 0 aromatic rings. The van der Waals surface area contributed by atoms with Crippen molar-refractivity contribution in [1.82, 2.24) is 0 Å². The van der Waals surface area contributed by atoms with E-state index in [0.717, 1.165) is 59.2 Å². The molecule has 0 fully saturated rings. The van der Waals surface area contributed by atoms with E-state index < -0.39 is 19.2 Å². The van der Waals surface area contributed by atoms with Gasteiger partial charge < -0.3 is 0 Å². The van der Waals surface area contributed by atoms with Gasteiger partial charge in [0.25, 0.3) is 0 Å². The predicted octanol–water partition coefficient (Wildman–Crippen LogP) is 21.6. The van der Waals surface area contributed by atoms with Crippen LogP contribution < -0.4 is 0 Å². The Labute approximate surface area is 415 Å². The maximum atomic E-state index is 13.7. The fourth-order valence-electron chi connectivity index (χ4n) is 9.81. The van der Waals surface area contributed by atoms with Crippen molar-refractivity contribution in [2.24, 2.45) is 11.8 Å². The zero-order valence-corrected chi connectivity index (χ0v) is 48.5. The van der Waals surface area contributed by atoms with Crippen LogP contribution in [-0.2, 0) is 15.7 Å². The molecule has 0 saturated carbocycles. The summed E-state index contributed by atoms with van der Waals surface area (Å²) in [6.07, 6.45) is 60.6. The van der Waals surface area contributed by atoms with Crippen LogP contribution in [0.4, 0.5) is 0 Å². The van der Waals surface area contributed by atoms with Crippen molar-refractivity contribution >= 4 is 31.1 Å². The van der Waals surface area contributed by atoms with Gasteiger partial charge in [-0.2, -0.15) is 0 Å². The van der Waals surface area contributed by atoms with Crippen LogP contribution in [0.25, 0.3) is 0 Å². The average Bonchev–Trinajstić information content (AvgIpc) is 3.27. The first-order chi connectivity index (χ1) is 31.7. The molecule has 5 heteroatoms. The molecule has 0 aliphatic carbocycles. The number of hydrogen-bond donors (Lipinski definition) is 0. The van der Waals surface area contributed by atoms with Gasteiger partial charge in [0.2, 0.25) is 0 Å². The third-order valence-electron chi connectivity index (χ3n) is 14.2. The van der Waals surface area contributed by atoms with Crippen molar-refractivity contribution in [2.75, 3.05) is 0 Å². The Kier molecular flexibility index (Phi) is 51.4. The average molecular weight is 1020 g/mol. The summed E-state index contributed by atoms with van der Waals surface area (Å²) in [4.78, 5) is 27.3. The molecule has 0 spiro atoms. The Morgan fingerprint density at radius 1 is 0.292 bits per heavy atom. The van der Waals surface area contributed by atoms with Gasteiger partial charge in [0.1, 0.15) is 0 Å². The van der Waals surface area contributed by atoms with E-state index >= 15 is 0 Å². The molecule has 0 unspecified atom stereocenters. The van der Waals surface area contributed by atoms with Crippen LogP contribution in [0.15, 0.2) is 0 Å². The summed E-state index contributed by atoms with van der Waals surface area (Å²) in [5.41, 5.74) is 0. The molecule has 0 bridgehead atoms. The third-order valence-corrected chi connectivity index (χ3v) is 24.0. The molecule has 0 heterocycles. The molecule has 0 radical (unpaired) electrons. The molecule has 65 heavy (non-hydrogen) atoms. The summed E-state index contributed by atoms with van der Waals surface area (Å²) in [5, 5.41) is 0. The Bertz CT molecular complexity index is 889. The van der Waals surface area contributed by atoms with E-state index in [1.54, 1.807) is 0 Å². The zero-order valence-electron chi connectivity index (χ0n) is 45.6. The van der Waals surface area contributed by atoms with Crippen molar-refractivity contribution in [3.63, 3.8) is 0 Å². The second kappa shape index (κ2) is 51.6. The number of unbranched alkanes of at least 4 members (excludes halogenated alkanes) is 40. The molecule has 0 aromatic carbocycles. The monoisotopic (exact) mass is 1020 g/mol. The Hall–Kier alpha value is -0.261. The van der Waals surface area contributed by atoms with Crippen LogP contribution in [0.1, 0.15) is 350 Å². The van der Waals surface area contributed by atoms with Gasteiger partial charge in [0, 0.05) is 0 Å². The predicted molar refractivity (Wildman–Crippen MR) is 290 cm³/mol. The molecule has 0 aliphatic rings. The first-order valence-electron chi connectivity index (χ1n) is 30.2. The molecule has 0 aromatic heterocycles. The first kappa shape index (κ1) is 64.7.